The summed E-state index contributed by atoms with van der Waals surface area (Å²) < 4.78 is 0. The minimum absolute atomic E-state index is 0.0704. The molecule has 1 heterocycles. The van der Waals surface area contributed by atoms with Gasteiger partial charge in [0.2, 0.25) is 0 Å². The Balaban J connectivity index is 1.65. The van der Waals surface area contributed by atoms with Crippen LogP contribution in [0.1, 0.15) is 11.1 Å². The highest BCUT2D eigenvalue weighted by atomic mass is 16.3. The van der Waals surface area contributed by atoms with Crippen molar-refractivity contribution in [2.45, 2.75) is 19.0 Å². The third-order valence-corrected chi connectivity index (χ3v) is 3.80. The zero-order chi connectivity index (χ0) is 14.5. The molecule has 0 spiro atoms. The lowest BCUT2D eigenvalue weighted by molar-refractivity contribution is 0.241. The number of para-hydroxylation sites is 1. The first kappa shape index (κ1) is 13.9. The van der Waals surface area contributed by atoms with Crippen LogP contribution in [0, 0.1) is 0 Å². The van der Waals surface area contributed by atoms with Crippen molar-refractivity contribution in [2.75, 3.05) is 6.61 Å². The zero-order valence-electron chi connectivity index (χ0n) is 11.9. The Kier molecular flexibility index (Phi) is 4.34. The SMILES string of the molecule is OC[C@H](Cc1ccccc1)NCc1c[nH]c2ccccc12. The van der Waals surface area contributed by atoms with E-state index in [1.165, 1.54) is 16.5 Å². The molecule has 3 aromatic rings. The van der Waals surface area contributed by atoms with Gasteiger partial charge in [-0.3, -0.25) is 0 Å². The summed E-state index contributed by atoms with van der Waals surface area (Å²) in [7, 11) is 0. The molecule has 0 aliphatic heterocycles. The zero-order valence-corrected chi connectivity index (χ0v) is 11.9. The van der Waals surface area contributed by atoms with Gasteiger partial charge in [-0.1, -0.05) is 48.5 Å². The Morgan fingerprint density at radius 1 is 1.00 bits per heavy atom. The number of aliphatic hydroxyl groups excluding tert-OH is 1. The number of hydrogen-bond acceptors (Lipinski definition) is 2. The van der Waals surface area contributed by atoms with Gasteiger partial charge < -0.3 is 15.4 Å². The number of aliphatic hydroxyl groups is 1. The average molecular weight is 280 g/mol. The van der Waals surface area contributed by atoms with Crippen LogP contribution in [0.5, 0.6) is 0 Å². The number of fused-ring (bicyclic) bond motifs is 1. The van der Waals surface area contributed by atoms with Crippen LogP contribution < -0.4 is 5.32 Å². The quantitative estimate of drug-likeness (QED) is 0.650. The first-order valence-corrected chi connectivity index (χ1v) is 7.30. The number of H-pyrrole nitrogens is 1. The maximum atomic E-state index is 9.56. The smallest absolute Gasteiger partial charge is 0.0587 e. The largest absolute Gasteiger partial charge is 0.395 e. The first-order chi connectivity index (χ1) is 10.4. The molecular formula is C18H20N2O. The van der Waals surface area contributed by atoms with Gasteiger partial charge in [0, 0.05) is 29.7 Å². The van der Waals surface area contributed by atoms with E-state index in [4.69, 9.17) is 0 Å². The minimum atomic E-state index is 0.0704. The van der Waals surface area contributed by atoms with E-state index in [2.05, 4.69) is 34.6 Å². The molecule has 108 valence electrons. The molecule has 0 unspecified atom stereocenters. The molecule has 0 aliphatic rings. The van der Waals surface area contributed by atoms with E-state index in [0.717, 1.165) is 18.5 Å². The van der Waals surface area contributed by atoms with Gasteiger partial charge in [-0.05, 0) is 23.6 Å². The lowest BCUT2D eigenvalue weighted by Crippen LogP contribution is -2.33. The number of hydrogen-bond donors (Lipinski definition) is 3. The van der Waals surface area contributed by atoms with Gasteiger partial charge in [-0.25, -0.2) is 0 Å². The van der Waals surface area contributed by atoms with Gasteiger partial charge in [0.25, 0.3) is 0 Å². The summed E-state index contributed by atoms with van der Waals surface area (Å²) >= 11 is 0. The predicted octanol–water partition coefficient (Wildman–Crippen LogP) is 2.86. The van der Waals surface area contributed by atoms with Crippen LogP contribution in [0.3, 0.4) is 0 Å². The molecule has 2 aromatic carbocycles. The fourth-order valence-electron chi connectivity index (χ4n) is 2.63. The Hall–Kier alpha value is -2.10. The van der Waals surface area contributed by atoms with Gasteiger partial charge in [0.1, 0.15) is 0 Å². The predicted molar refractivity (Wildman–Crippen MR) is 86.2 cm³/mol. The fourth-order valence-corrected chi connectivity index (χ4v) is 2.63. The van der Waals surface area contributed by atoms with Gasteiger partial charge in [0.05, 0.1) is 6.61 Å². The molecule has 1 atom stereocenters. The van der Waals surface area contributed by atoms with E-state index < -0.39 is 0 Å². The first-order valence-electron chi connectivity index (χ1n) is 7.30. The second-order valence-electron chi connectivity index (χ2n) is 5.31. The van der Waals surface area contributed by atoms with Crippen molar-refractivity contribution in [3.8, 4) is 0 Å². The number of benzene rings is 2. The Morgan fingerprint density at radius 2 is 1.76 bits per heavy atom. The normalized spacial score (nSPS) is 12.6. The van der Waals surface area contributed by atoms with Crippen LogP contribution in [-0.4, -0.2) is 22.7 Å². The maximum absolute atomic E-state index is 9.56. The van der Waals surface area contributed by atoms with Gasteiger partial charge >= 0.3 is 0 Å². The molecule has 0 aliphatic carbocycles. The van der Waals surface area contributed by atoms with E-state index in [1.54, 1.807) is 0 Å². The monoisotopic (exact) mass is 280 g/mol. The molecule has 0 saturated carbocycles. The number of rotatable bonds is 6. The molecule has 0 radical (unpaired) electrons. The second kappa shape index (κ2) is 6.57. The van der Waals surface area contributed by atoms with Crippen LogP contribution in [-0.2, 0) is 13.0 Å². The van der Waals surface area contributed by atoms with Crippen LogP contribution in [0.25, 0.3) is 10.9 Å². The third kappa shape index (κ3) is 3.32. The minimum Gasteiger partial charge on any atom is -0.395 e. The summed E-state index contributed by atoms with van der Waals surface area (Å²) in [5.41, 5.74) is 3.62. The van der Waals surface area contributed by atoms with Crippen LogP contribution in [0.15, 0.2) is 60.8 Å². The molecule has 3 nitrogen and oxygen atoms in total. The molecule has 0 saturated heterocycles. The average Bonchev–Trinajstić information content (AvgIpc) is 2.96. The lowest BCUT2D eigenvalue weighted by atomic mass is 10.1. The van der Waals surface area contributed by atoms with E-state index >= 15 is 0 Å². The molecule has 3 N–H and O–H groups in total. The summed E-state index contributed by atoms with van der Waals surface area (Å²) in [6.45, 7) is 0.888. The van der Waals surface area contributed by atoms with Gasteiger partial charge in [0.15, 0.2) is 0 Å². The summed E-state index contributed by atoms with van der Waals surface area (Å²) in [5.74, 6) is 0. The molecule has 3 rings (SSSR count). The number of nitrogens with one attached hydrogen (secondary N) is 2. The van der Waals surface area contributed by atoms with Crippen molar-refractivity contribution in [1.82, 2.24) is 10.3 Å². The Bertz CT molecular complexity index is 691. The van der Waals surface area contributed by atoms with Crippen molar-refractivity contribution >= 4 is 10.9 Å². The highest BCUT2D eigenvalue weighted by Crippen LogP contribution is 2.17. The van der Waals surface area contributed by atoms with Crippen molar-refractivity contribution in [1.29, 1.82) is 0 Å². The molecule has 1 aromatic heterocycles. The highest BCUT2D eigenvalue weighted by molar-refractivity contribution is 5.82. The molecular weight excluding hydrogens is 260 g/mol. The molecule has 0 bridgehead atoms. The maximum Gasteiger partial charge on any atom is 0.0587 e. The summed E-state index contributed by atoms with van der Waals surface area (Å²) in [5, 5.41) is 14.2. The third-order valence-electron chi connectivity index (χ3n) is 3.80. The van der Waals surface area contributed by atoms with E-state index in [9.17, 15) is 5.11 Å². The van der Waals surface area contributed by atoms with E-state index in [0.29, 0.717) is 0 Å². The van der Waals surface area contributed by atoms with Gasteiger partial charge in [-0.15, -0.1) is 0 Å². The molecule has 0 amide bonds. The van der Waals surface area contributed by atoms with Crippen LogP contribution in [0.2, 0.25) is 0 Å². The highest BCUT2D eigenvalue weighted by Gasteiger charge is 2.09. The Morgan fingerprint density at radius 3 is 2.57 bits per heavy atom. The Labute approximate surface area is 124 Å². The topological polar surface area (TPSA) is 48.0 Å². The van der Waals surface area contributed by atoms with E-state index in [1.807, 2.05) is 36.5 Å². The van der Waals surface area contributed by atoms with Crippen molar-refractivity contribution in [2.24, 2.45) is 0 Å². The summed E-state index contributed by atoms with van der Waals surface area (Å²) in [6.07, 6.45) is 2.87. The van der Waals surface area contributed by atoms with Crippen molar-refractivity contribution < 1.29 is 5.11 Å². The lowest BCUT2D eigenvalue weighted by Gasteiger charge is -2.16. The molecule has 0 fully saturated rings. The second-order valence-corrected chi connectivity index (χ2v) is 5.31. The molecule has 21 heavy (non-hydrogen) atoms. The van der Waals surface area contributed by atoms with Crippen LogP contribution >= 0.6 is 0 Å². The number of aromatic nitrogens is 1. The standard InChI is InChI=1S/C18H20N2O/c21-13-16(10-14-6-2-1-3-7-14)19-11-15-12-20-18-9-5-4-8-17(15)18/h1-9,12,16,19-21H,10-11,13H2/t16-/m0/s1. The van der Waals surface area contributed by atoms with Crippen molar-refractivity contribution in [3.63, 3.8) is 0 Å². The number of aromatic amines is 1. The molecule has 3 heteroatoms. The van der Waals surface area contributed by atoms with Crippen LogP contribution in [0.4, 0.5) is 0 Å². The van der Waals surface area contributed by atoms with Gasteiger partial charge in [-0.2, -0.15) is 0 Å². The van der Waals surface area contributed by atoms with E-state index in [-0.39, 0.29) is 12.6 Å². The summed E-state index contributed by atoms with van der Waals surface area (Å²) in [4.78, 5) is 3.28. The summed E-state index contributed by atoms with van der Waals surface area (Å²) in [6, 6.07) is 18.6. The van der Waals surface area contributed by atoms with Crippen molar-refractivity contribution in [3.05, 3.63) is 71.9 Å². The fraction of sp³-hybridized carbons (Fsp3) is 0.222.